The molecule has 0 aliphatic rings. The molecule has 2 rings (SSSR count). The maximum atomic E-state index is 5.79. The molecule has 0 unspecified atom stereocenters. The minimum atomic E-state index is 0.194. The van der Waals surface area contributed by atoms with Crippen molar-refractivity contribution in [3.63, 3.8) is 0 Å². The molecule has 1 aromatic heterocycles. The smallest absolute Gasteiger partial charge is 0.0267 e. The molecule has 0 spiro atoms. The zero-order valence-corrected chi connectivity index (χ0v) is 14.5. The van der Waals surface area contributed by atoms with Gasteiger partial charge in [0.1, 0.15) is 0 Å². The summed E-state index contributed by atoms with van der Waals surface area (Å²) in [6.45, 7) is 1.71. The van der Waals surface area contributed by atoms with Gasteiger partial charge in [0.15, 0.2) is 0 Å². The summed E-state index contributed by atoms with van der Waals surface area (Å²) in [6, 6.07) is 10.9. The number of benzene rings is 1. The third-order valence-corrected chi connectivity index (χ3v) is 2.25. The summed E-state index contributed by atoms with van der Waals surface area (Å²) in [4.78, 5) is 7.69. The van der Waals surface area contributed by atoms with E-state index in [0.717, 1.165) is 0 Å². The summed E-state index contributed by atoms with van der Waals surface area (Å²) in [7, 11) is 9.53. The normalized spacial score (nSPS) is 9.25. The molecule has 0 saturated heterocycles. The molecule has 0 atom stereocenters. The molecule has 1 aromatic carbocycles. The van der Waals surface area contributed by atoms with E-state index in [1.807, 2.05) is 18.2 Å². The fourth-order valence-electron chi connectivity index (χ4n) is 1.00. The fraction of sp³-hybridized carbons (Fsp3) is 0.0769. The van der Waals surface area contributed by atoms with Crippen molar-refractivity contribution in [1.82, 2.24) is 4.98 Å². The van der Waals surface area contributed by atoms with Crippen LogP contribution in [0.4, 0.5) is 5.69 Å². The van der Waals surface area contributed by atoms with E-state index >= 15 is 0 Å². The van der Waals surface area contributed by atoms with Crippen LogP contribution in [0.25, 0.3) is 0 Å². The second kappa shape index (κ2) is 13.7. The maximum absolute atomic E-state index is 5.79. The summed E-state index contributed by atoms with van der Waals surface area (Å²) in [5.74, 6) is 0. The molecule has 1 heterocycles. The quantitative estimate of drug-likeness (QED) is 0.329. The second-order valence-electron chi connectivity index (χ2n) is 3.01. The maximum Gasteiger partial charge on any atom is 0.0267 e. The van der Waals surface area contributed by atoms with Gasteiger partial charge in [0.25, 0.3) is 0 Å². The van der Waals surface area contributed by atoms with Crippen LogP contribution in [0.3, 0.4) is 0 Å². The minimum absolute atomic E-state index is 0.194. The Morgan fingerprint density at radius 1 is 1.10 bits per heavy atom. The van der Waals surface area contributed by atoms with E-state index in [9.17, 15) is 0 Å². The molecule has 2 aromatic rings. The van der Waals surface area contributed by atoms with Gasteiger partial charge in [0, 0.05) is 17.4 Å². The van der Waals surface area contributed by atoms with Crippen molar-refractivity contribution in [2.24, 2.45) is 4.99 Å². The molecule has 7 heteroatoms. The van der Waals surface area contributed by atoms with Crippen LogP contribution >= 0.6 is 43.4 Å². The molecule has 0 saturated carbocycles. The first-order chi connectivity index (χ1) is 9.65. The van der Waals surface area contributed by atoms with Gasteiger partial charge in [-0.15, -0.1) is 24.6 Å². The molecule has 0 bridgehead atoms. The van der Waals surface area contributed by atoms with Crippen molar-refractivity contribution in [2.45, 2.75) is 6.92 Å². The van der Waals surface area contributed by atoms with Crippen LogP contribution in [-0.2, 0) is 13.1 Å². The number of hydrogen-bond acceptors (Lipinski definition) is 2. The van der Waals surface area contributed by atoms with Crippen LogP contribution in [0.15, 0.2) is 53.8 Å². The van der Waals surface area contributed by atoms with E-state index in [4.69, 9.17) is 43.4 Å². The Bertz CT molecular complexity index is 468. The monoisotopic (exact) mass is 391 g/mol. The van der Waals surface area contributed by atoms with Gasteiger partial charge in [0.2, 0.25) is 0 Å². The molecular formula is C13H11Cl4FeN2. The number of hydrogen-bond donors (Lipinski definition) is 0. The van der Waals surface area contributed by atoms with Crippen molar-refractivity contribution >= 4 is 55.3 Å². The Morgan fingerprint density at radius 2 is 1.70 bits per heavy atom. The van der Waals surface area contributed by atoms with Gasteiger partial charge < -0.3 is 4.99 Å². The van der Waals surface area contributed by atoms with E-state index in [1.165, 1.54) is 0 Å². The van der Waals surface area contributed by atoms with Gasteiger partial charge in [-0.25, -0.2) is 0 Å². The Labute approximate surface area is 143 Å². The van der Waals surface area contributed by atoms with Crippen LogP contribution in [0.1, 0.15) is 6.92 Å². The van der Waals surface area contributed by atoms with Gasteiger partial charge in [-0.1, -0.05) is 29.4 Å². The molecule has 0 aliphatic heterocycles. The van der Waals surface area contributed by atoms with Crippen LogP contribution < -0.4 is 0 Å². The predicted octanol–water partition coefficient (Wildman–Crippen LogP) is 6.05. The van der Waals surface area contributed by atoms with E-state index in [-0.39, 0.29) is 13.1 Å². The van der Waals surface area contributed by atoms with Crippen LogP contribution in [0.2, 0.25) is 10.0 Å². The number of pyridine rings is 1. The van der Waals surface area contributed by atoms with Crippen molar-refractivity contribution < 1.29 is 13.1 Å². The van der Waals surface area contributed by atoms with Gasteiger partial charge >= 0.3 is 33.3 Å². The Balaban J connectivity index is 0.000000336. The molecule has 20 heavy (non-hydrogen) atoms. The summed E-state index contributed by atoms with van der Waals surface area (Å²) >= 11 is 11.7. The van der Waals surface area contributed by atoms with E-state index in [1.54, 1.807) is 37.5 Å². The van der Waals surface area contributed by atoms with E-state index < -0.39 is 0 Å². The van der Waals surface area contributed by atoms with Gasteiger partial charge in [-0.3, -0.25) is 4.98 Å². The Hall–Kier alpha value is -0.281. The molecular weight excluding hydrogens is 382 g/mol. The second-order valence-corrected chi connectivity index (χ2v) is 5.67. The molecule has 0 N–H and O–H groups in total. The summed E-state index contributed by atoms with van der Waals surface area (Å²) < 4.78 is 0. The van der Waals surface area contributed by atoms with E-state index in [0.29, 0.717) is 15.7 Å². The average Bonchev–Trinajstić information content (AvgIpc) is 2.46. The molecule has 0 radical (unpaired) electrons. The standard InChI is InChI=1S/C8H6Cl2N.C5H5N.2ClH.Fe/c1-2-11-8-4-3-6(9)5-7(8)10;1-2-4-6-5-3-1;;;/h3-5H,1H3;1-5H;2*1H;/q-1;;;;+3/p-2. The first-order valence-corrected chi connectivity index (χ1v) is 8.97. The van der Waals surface area contributed by atoms with Gasteiger partial charge in [-0.05, 0) is 23.2 Å². The summed E-state index contributed by atoms with van der Waals surface area (Å²) in [5.41, 5.74) is 0.693. The molecule has 0 fully saturated rings. The zero-order chi connectivity index (χ0) is 15.2. The van der Waals surface area contributed by atoms with E-state index in [2.05, 4.69) is 16.2 Å². The number of halogens is 4. The molecule has 2 nitrogen and oxygen atoms in total. The van der Waals surface area contributed by atoms with Gasteiger partial charge in [0.05, 0.1) is 0 Å². The number of nitrogens with zero attached hydrogens (tertiary/aromatic N) is 2. The summed E-state index contributed by atoms with van der Waals surface area (Å²) in [5, 5.41) is 1.16. The molecule has 0 aliphatic carbocycles. The predicted molar refractivity (Wildman–Crippen MR) is 85.2 cm³/mol. The van der Waals surface area contributed by atoms with Crippen LogP contribution in [0.5, 0.6) is 0 Å². The zero-order valence-electron chi connectivity index (χ0n) is 10.4. The first-order valence-electron chi connectivity index (χ1n) is 5.18. The largest absolute Gasteiger partial charge is 0.265 e. The number of rotatable bonds is 1. The third-order valence-electron chi connectivity index (χ3n) is 1.71. The third kappa shape index (κ3) is 10.5. The number of aromatic nitrogens is 1. The average molecular weight is 393 g/mol. The van der Waals surface area contributed by atoms with Crippen molar-refractivity contribution in [2.75, 3.05) is 0 Å². The molecule has 0 amide bonds. The van der Waals surface area contributed by atoms with Crippen molar-refractivity contribution in [1.29, 1.82) is 0 Å². The SMILES string of the molecule is C[C-]=Nc1ccc(Cl)cc1Cl.[Cl][Fe+][Cl].c1ccncc1. The Morgan fingerprint density at radius 3 is 2.05 bits per heavy atom. The van der Waals surface area contributed by atoms with Crippen LogP contribution in [-0.4, -0.2) is 11.2 Å². The first kappa shape index (κ1) is 19.7. The summed E-state index contributed by atoms with van der Waals surface area (Å²) in [6.07, 6.45) is 6.14. The number of aliphatic imine (C=N–C) groups is 1. The minimum Gasteiger partial charge on any atom is -0.265 e. The van der Waals surface area contributed by atoms with Gasteiger partial charge in [-0.2, -0.15) is 6.21 Å². The van der Waals surface area contributed by atoms with Crippen molar-refractivity contribution in [3.05, 3.63) is 58.8 Å². The fourth-order valence-corrected chi connectivity index (χ4v) is 1.46. The van der Waals surface area contributed by atoms with Crippen LogP contribution in [0, 0.1) is 0 Å². The topological polar surface area (TPSA) is 25.2 Å². The Kier molecular flexibility index (Phi) is 13.5. The molecule has 109 valence electrons. The van der Waals surface area contributed by atoms with Crippen molar-refractivity contribution in [3.8, 4) is 0 Å².